The molecule has 3 N–H and O–H groups in total. The van der Waals surface area contributed by atoms with E-state index in [2.05, 4.69) is 0 Å². The van der Waals surface area contributed by atoms with Crippen molar-refractivity contribution in [3.63, 3.8) is 0 Å². The van der Waals surface area contributed by atoms with E-state index in [4.69, 9.17) is 15.3 Å². The molecule has 78 valence electrons. The summed E-state index contributed by atoms with van der Waals surface area (Å²) >= 11 is 0. The highest BCUT2D eigenvalue weighted by molar-refractivity contribution is 5.44. The second-order valence-electron chi connectivity index (χ2n) is 3.75. The highest BCUT2D eigenvalue weighted by Crippen LogP contribution is 2.26. The third-order valence-electron chi connectivity index (χ3n) is 2.84. The molecule has 0 fully saturated rings. The van der Waals surface area contributed by atoms with Crippen LogP contribution >= 0.6 is 0 Å². The first-order valence-corrected chi connectivity index (χ1v) is 4.50. The van der Waals surface area contributed by atoms with Gasteiger partial charge in [0.15, 0.2) is 0 Å². The van der Waals surface area contributed by atoms with E-state index in [9.17, 15) is 0 Å². The van der Waals surface area contributed by atoms with E-state index < -0.39 is 5.97 Å². The Balaban J connectivity index is 3.49. The van der Waals surface area contributed by atoms with Gasteiger partial charge in [0.1, 0.15) is 0 Å². The number of benzene rings is 1. The highest BCUT2D eigenvalue weighted by Gasteiger charge is 2.25. The molecule has 0 heterocycles. The Morgan fingerprint density at radius 2 is 1.36 bits per heavy atom. The quantitative estimate of drug-likeness (QED) is 0.587. The van der Waals surface area contributed by atoms with Crippen molar-refractivity contribution in [3.05, 3.63) is 33.9 Å². The summed E-state index contributed by atoms with van der Waals surface area (Å²) in [5, 5.41) is 27.4. The Hall–Kier alpha value is -0.900. The molecule has 0 saturated heterocycles. The Morgan fingerprint density at radius 1 is 0.857 bits per heavy atom. The van der Waals surface area contributed by atoms with Crippen molar-refractivity contribution >= 4 is 0 Å². The number of aryl methyl sites for hydroxylation is 1. The lowest BCUT2D eigenvalue weighted by atomic mass is 9.93. The molecule has 0 aliphatic rings. The molecule has 0 amide bonds. The van der Waals surface area contributed by atoms with Gasteiger partial charge in [-0.25, -0.2) is 0 Å². The summed E-state index contributed by atoms with van der Waals surface area (Å²) in [6.07, 6.45) is 0. The molecule has 0 atom stereocenters. The third kappa shape index (κ3) is 1.80. The van der Waals surface area contributed by atoms with E-state index in [0.29, 0.717) is 5.56 Å². The monoisotopic (exact) mass is 196 g/mol. The van der Waals surface area contributed by atoms with E-state index in [1.54, 1.807) is 13.0 Å². The first-order valence-electron chi connectivity index (χ1n) is 4.50. The van der Waals surface area contributed by atoms with Crippen LogP contribution in [-0.4, -0.2) is 15.3 Å². The minimum Gasteiger partial charge on any atom is -0.340 e. The Morgan fingerprint density at radius 3 is 1.79 bits per heavy atom. The lowest BCUT2D eigenvalue weighted by molar-refractivity contribution is -0.324. The topological polar surface area (TPSA) is 60.7 Å². The molecule has 0 spiro atoms. The zero-order valence-electron chi connectivity index (χ0n) is 8.92. The van der Waals surface area contributed by atoms with Crippen molar-refractivity contribution in [3.8, 4) is 0 Å². The summed E-state index contributed by atoms with van der Waals surface area (Å²) in [4.78, 5) is 0. The lowest BCUT2D eigenvalue weighted by Gasteiger charge is -2.20. The van der Waals surface area contributed by atoms with Crippen LogP contribution in [0, 0.1) is 27.7 Å². The van der Waals surface area contributed by atoms with Gasteiger partial charge in [-0.2, -0.15) is 0 Å². The maximum atomic E-state index is 9.12. The standard InChI is InChI=1S/C11H16O3/c1-6-5-10(11(12,13)14)9(4)8(3)7(6)2/h5,12-14H,1-4H3. The van der Waals surface area contributed by atoms with Crippen LogP contribution in [0.15, 0.2) is 6.07 Å². The zero-order valence-corrected chi connectivity index (χ0v) is 8.92. The van der Waals surface area contributed by atoms with E-state index in [1.807, 2.05) is 20.8 Å². The molecule has 0 aliphatic carbocycles. The van der Waals surface area contributed by atoms with Gasteiger partial charge in [-0.1, -0.05) is 0 Å². The van der Waals surface area contributed by atoms with Crippen molar-refractivity contribution in [2.45, 2.75) is 33.7 Å². The fourth-order valence-corrected chi connectivity index (χ4v) is 1.56. The Labute approximate surface area is 83.6 Å². The van der Waals surface area contributed by atoms with Gasteiger partial charge in [-0.15, -0.1) is 0 Å². The van der Waals surface area contributed by atoms with Crippen LogP contribution in [-0.2, 0) is 5.97 Å². The molecule has 1 aromatic carbocycles. The summed E-state index contributed by atoms with van der Waals surface area (Å²) in [6, 6.07) is 1.59. The van der Waals surface area contributed by atoms with Crippen LogP contribution in [0.25, 0.3) is 0 Å². The molecule has 1 rings (SSSR count). The average molecular weight is 196 g/mol. The van der Waals surface area contributed by atoms with Gasteiger partial charge in [0, 0.05) is 5.56 Å². The van der Waals surface area contributed by atoms with Gasteiger partial charge in [0.25, 0.3) is 0 Å². The van der Waals surface area contributed by atoms with Gasteiger partial charge < -0.3 is 15.3 Å². The van der Waals surface area contributed by atoms with E-state index in [-0.39, 0.29) is 5.56 Å². The number of rotatable bonds is 1. The smallest absolute Gasteiger partial charge is 0.304 e. The second-order valence-corrected chi connectivity index (χ2v) is 3.75. The molecule has 14 heavy (non-hydrogen) atoms. The molecule has 3 nitrogen and oxygen atoms in total. The van der Waals surface area contributed by atoms with Crippen molar-refractivity contribution in [1.82, 2.24) is 0 Å². The molecule has 0 aliphatic heterocycles. The maximum absolute atomic E-state index is 9.12. The van der Waals surface area contributed by atoms with Gasteiger partial charge >= 0.3 is 5.97 Å². The second kappa shape index (κ2) is 3.35. The van der Waals surface area contributed by atoms with Crippen molar-refractivity contribution in [2.75, 3.05) is 0 Å². The van der Waals surface area contributed by atoms with Gasteiger partial charge in [0.2, 0.25) is 0 Å². The first-order chi connectivity index (χ1) is 6.25. The summed E-state index contributed by atoms with van der Waals surface area (Å²) in [5.74, 6) is -2.74. The van der Waals surface area contributed by atoms with E-state index >= 15 is 0 Å². The molecular formula is C11H16O3. The number of hydrogen-bond acceptors (Lipinski definition) is 3. The van der Waals surface area contributed by atoms with Crippen LogP contribution in [0.2, 0.25) is 0 Å². The van der Waals surface area contributed by atoms with E-state index in [0.717, 1.165) is 16.7 Å². The largest absolute Gasteiger partial charge is 0.340 e. The molecular weight excluding hydrogens is 180 g/mol. The lowest BCUT2D eigenvalue weighted by Crippen LogP contribution is -2.25. The van der Waals surface area contributed by atoms with Crippen molar-refractivity contribution < 1.29 is 15.3 Å². The Bertz CT molecular complexity index is 362. The summed E-state index contributed by atoms with van der Waals surface area (Å²) in [6.45, 7) is 7.49. The average Bonchev–Trinajstić information content (AvgIpc) is 2.06. The third-order valence-corrected chi connectivity index (χ3v) is 2.84. The van der Waals surface area contributed by atoms with Gasteiger partial charge in [-0.3, -0.25) is 0 Å². The molecule has 0 radical (unpaired) electrons. The van der Waals surface area contributed by atoms with Crippen LogP contribution in [0.3, 0.4) is 0 Å². The molecule has 3 heteroatoms. The van der Waals surface area contributed by atoms with Crippen LogP contribution < -0.4 is 0 Å². The Kier molecular flexibility index (Phi) is 2.67. The molecule has 0 bridgehead atoms. The van der Waals surface area contributed by atoms with E-state index in [1.165, 1.54) is 0 Å². The number of aliphatic hydroxyl groups is 3. The van der Waals surface area contributed by atoms with Crippen molar-refractivity contribution in [1.29, 1.82) is 0 Å². The fraction of sp³-hybridized carbons (Fsp3) is 0.455. The van der Waals surface area contributed by atoms with Gasteiger partial charge in [0.05, 0.1) is 0 Å². The summed E-state index contributed by atoms with van der Waals surface area (Å²) in [7, 11) is 0. The minimum absolute atomic E-state index is 0.151. The molecule has 0 saturated carbocycles. The predicted octanol–water partition coefficient (Wildman–Crippen LogP) is 1.01. The van der Waals surface area contributed by atoms with Crippen molar-refractivity contribution in [2.24, 2.45) is 0 Å². The number of hydrogen-bond donors (Lipinski definition) is 3. The maximum Gasteiger partial charge on any atom is 0.304 e. The zero-order chi connectivity index (χ0) is 11.1. The fourth-order valence-electron chi connectivity index (χ4n) is 1.56. The van der Waals surface area contributed by atoms with Crippen LogP contribution in [0.5, 0.6) is 0 Å². The summed E-state index contributed by atoms with van der Waals surface area (Å²) < 4.78 is 0. The molecule has 0 aromatic heterocycles. The predicted molar refractivity (Wildman–Crippen MR) is 53.7 cm³/mol. The SMILES string of the molecule is Cc1cc(C(O)(O)O)c(C)c(C)c1C. The molecule has 0 unspecified atom stereocenters. The van der Waals surface area contributed by atoms with Gasteiger partial charge in [-0.05, 0) is 56.0 Å². The minimum atomic E-state index is -2.74. The molecule has 1 aromatic rings. The van der Waals surface area contributed by atoms with Crippen LogP contribution in [0.4, 0.5) is 0 Å². The highest BCUT2D eigenvalue weighted by atomic mass is 16.7. The normalized spacial score (nSPS) is 11.9. The first kappa shape index (κ1) is 11.2. The van der Waals surface area contributed by atoms with Crippen LogP contribution in [0.1, 0.15) is 27.8 Å². The summed E-state index contributed by atoms with van der Waals surface area (Å²) in [5.41, 5.74) is 3.88.